The monoisotopic (exact) mass is 276 g/mol. The van der Waals surface area contributed by atoms with Crippen molar-refractivity contribution in [2.45, 2.75) is 31.7 Å². The van der Waals surface area contributed by atoms with Crippen LogP contribution in [0.1, 0.15) is 31.2 Å². The van der Waals surface area contributed by atoms with Crippen LogP contribution in [0.4, 0.5) is 4.39 Å². The Morgan fingerprint density at radius 1 is 1.40 bits per heavy atom. The van der Waals surface area contributed by atoms with E-state index < -0.39 is 0 Å². The van der Waals surface area contributed by atoms with Crippen LogP contribution in [-0.4, -0.2) is 29.9 Å². The zero-order valence-corrected chi connectivity index (χ0v) is 11.8. The number of rotatable bonds is 2. The molecule has 4 unspecified atom stereocenters. The molecule has 1 aliphatic carbocycles. The van der Waals surface area contributed by atoms with E-state index in [9.17, 15) is 9.18 Å². The van der Waals surface area contributed by atoms with Gasteiger partial charge in [0.15, 0.2) is 0 Å². The van der Waals surface area contributed by atoms with E-state index in [0.717, 1.165) is 31.5 Å². The number of hydrogen-bond donors (Lipinski definition) is 1. The van der Waals surface area contributed by atoms with Gasteiger partial charge in [-0.15, -0.1) is 0 Å². The summed E-state index contributed by atoms with van der Waals surface area (Å²) in [5.74, 6) is 0.535. The Morgan fingerprint density at radius 2 is 2.20 bits per heavy atom. The minimum absolute atomic E-state index is 0.0946. The highest BCUT2D eigenvalue weighted by molar-refractivity contribution is 5.83. The maximum atomic E-state index is 13.3. The second-order valence-electron chi connectivity index (χ2n) is 6.19. The Balaban J connectivity index is 1.71. The first kappa shape index (κ1) is 13.6. The zero-order chi connectivity index (χ0) is 14.3. The predicted molar refractivity (Wildman–Crippen MR) is 75.6 cm³/mol. The number of fused-ring (bicyclic) bond motifs is 1. The lowest BCUT2D eigenvalue weighted by Crippen LogP contribution is -2.35. The summed E-state index contributed by atoms with van der Waals surface area (Å²) in [6, 6.07) is 6.56. The molecule has 2 N–H and O–H groups in total. The van der Waals surface area contributed by atoms with Crippen LogP contribution in [-0.2, 0) is 4.79 Å². The fourth-order valence-corrected chi connectivity index (χ4v) is 3.68. The van der Waals surface area contributed by atoms with Crippen molar-refractivity contribution in [1.82, 2.24) is 4.90 Å². The van der Waals surface area contributed by atoms with Crippen molar-refractivity contribution in [3.8, 4) is 0 Å². The summed E-state index contributed by atoms with van der Waals surface area (Å²) in [5, 5.41) is 0. The predicted octanol–water partition coefficient (Wildman–Crippen LogP) is 2.12. The molecule has 1 aromatic carbocycles. The first-order valence-corrected chi connectivity index (χ1v) is 7.36. The highest BCUT2D eigenvalue weighted by Crippen LogP contribution is 2.38. The van der Waals surface area contributed by atoms with Gasteiger partial charge in [-0.25, -0.2) is 4.39 Å². The number of likely N-dealkylation sites (tertiary alicyclic amines) is 1. The Hall–Kier alpha value is -1.42. The first-order valence-electron chi connectivity index (χ1n) is 7.36. The molecule has 0 bridgehead atoms. The molecule has 1 aromatic rings. The van der Waals surface area contributed by atoms with Crippen molar-refractivity contribution in [3.05, 3.63) is 35.6 Å². The van der Waals surface area contributed by atoms with Gasteiger partial charge in [0.2, 0.25) is 5.91 Å². The third-order valence-corrected chi connectivity index (χ3v) is 4.94. The second kappa shape index (κ2) is 5.17. The highest BCUT2D eigenvalue weighted by Gasteiger charge is 2.43. The van der Waals surface area contributed by atoms with Crippen molar-refractivity contribution in [2.24, 2.45) is 17.6 Å². The van der Waals surface area contributed by atoms with Gasteiger partial charge < -0.3 is 10.6 Å². The molecule has 1 saturated carbocycles. The molecule has 4 heteroatoms. The number of amides is 1. The van der Waals surface area contributed by atoms with Crippen LogP contribution in [0, 0.1) is 17.7 Å². The highest BCUT2D eigenvalue weighted by atomic mass is 19.1. The summed E-state index contributed by atoms with van der Waals surface area (Å²) < 4.78 is 13.3. The molecule has 2 fully saturated rings. The standard InChI is InChI=1S/C16H21FN2O/c1-10(11-3-2-4-13(17)7-11)16(20)19-8-12-5-6-15(18)14(12)9-19/h2-4,7,10,12,14-15H,5-6,8-9,18H2,1H3. The number of hydrogen-bond acceptors (Lipinski definition) is 2. The summed E-state index contributed by atoms with van der Waals surface area (Å²) in [6.45, 7) is 3.44. The van der Waals surface area contributed by atoms with E-state index in [-0.39, 0.29) is 23.7 Å². The normalized spacial score (nSPS) is 30.4. The van der Waals surface area contributed by atoms with Crippen molar-refractivity contribution in [3.63, 3.8) is 0 Å². The van der Waals surface area contributed by atoms with E-state index in [4.69, 9.17) is 5.73 Å². The minimum Gasteiger partial charge on any atom is -0.342 e. The van der Waals surface area contributed by atoms with Crippen molar-refractivity contribution >= 4 is 5.91 Å². The molecule has 3 nitrogen and oxygen atoms in total. The van der Waals surface area contributed by atoms with Gasteiger partial charge >= 0.3 is 0 Å². The lowest BCUT2D eigenvalue weighted by Gasteiger charge is -2.22. The molecule has 108 valence electrons. The van der Waals surface area contributed by atoms with Crippen LogP contribution < -0.4 is 5.73 Å². The second-order valence-corrected chi connectivity index (χ2v) is 6.19. The Bertz CT molecular complexity index is 519. The van der Waals surface area contributed by atoms with E-state index in [1.54, 1.807) is 6.07 Å². The van der Waals surface area contributed by atoms with Crippen molar-refractivity contribution in [2.75, 3.05) is 13.1 Å². The number of nitrogens with two attached hydrogens (primary N) is 1. The number of carbonyl (C=O) groups excluding carboxylic acids is 1. The lowest BCUT2D eigenvalue weighted by molar-refractivity contribution is -0.131. The molecule has 1 amide bonds. The van der Waals surface area contributed by atoms with Crippen LogP contribution in [0.25, 0.3) is 0 Å². The van der Waals surface area contributed by atoms with Gasteiger partial charge in [0.1, 0.15) is 5.82 Å². The van der Waals surface area contributed by atoms with Gasteiger partial charge in [-0.05, 0) is 49.3 Å². The fourth-order valence-electron chi connectivity index (χ4n) is 3.68. The third kappa shape index (κ3) is 2.33. The molecule has 1 heterocycles. The molecule has 2 aliphatic rings. The van der Waals surface area contributed by atoms with Crippen LogP contribution in [0.2, 0.25) is 0 Å². The molecular weight excluding hydrogens is 255 g/mol. The van der Waals surface area contributed by atoms with Crippen LogP contribution >= 0.6 is 0 Å². The van der Waals surface area contributed by atoms with Gasteiger partial charge in [0, 0.05) is 19.1 Å². The van der Waals surface area contributed by atoms with E-state index in [1.807, 2.05) is 17.9 Å². The number of nitrogens with zero attached hydrogens (tertiary/aromatic N) is 1. The molecule has 1 aliphatic heterocycles. The number of halogens is 1. The molecule has 0 aromatic heterocycles. The third-order valence-electron chi connectivity index (χ3n) is 4.94. The van der Waals surface area contributed by atoms with E-state index >= 15 is 0 Å². The maximum Gasteiger partial charge on any atom is 0.229 e. The van der Waals surface area contributed by atoms with Gasteiger partial charge in [0.25, 0.3) is 0 Å². The Kier molecular flexibility index (Phi) is 3.50. The Morgan fingerprint density at radius 3 is 2.90 bits per heavy atom. The van der Waals surface area contributed by atoms with Crippen LogP contribution in [0.15, 0.2) is 24.3 Å². The smallest absolute Gasteiger partial charge is 0.229 e. The van der Waals surface area contributed by atoms with E-state index in [1.165, 1.54) is 12.1 Å². The average Bonchev–Trinajstić information content (AvgIpc) is 3.00. The van der Waals surface area contributed by atoms with E-state index in [2.05, 4.69) is 0 Å². The molecular formula is C16H21FN2O. The summed E-state index contributed by atoms with van der Waals surface area (Å²) in [6.07, 6.45) is 2.21. The molecule has 1 saturated heterocycles. The molecule has 20 heavy (non-hydrogen) atoms. The van der Waals surface area contributed by atoms with Gasteiger partial charge in [-0.1, -0.05) is 12.1 Å². The maximum absolute atomic E-state index is 13.3. The van der Waals surface area contributed by atoms with Gasteiger partial charge in [-0.3, -0.25) is 4.79 Å². The van der Waals surface area contributed by atoms with E-state index in [0.29, 0.717) is 11.8 Å². The largest absolute Gasteiger partial charge is 0.342 e. The molecule has 3 rings (SSSR count). The summed E-state index contributed by atoms with van der Waals surface area (Å²) >= 11 is 0. The number of benzene rings is 1. The first-order chi connectivity index (χ1) is 9.56. The topological polar surface area (TPSA) is 46.3 Å². The molecule has 0 radical (unpaired) electrons. The Labute approximate surface area is 118 Å². The molecule has 0 spiro atoms. The SMILES string of the molecule is CC(C(=O)N1CC2CCC(N)C2C1)c1cccc(F)c1. The number of carbonyl (C=O) groups is 1. The van der Waals surface area contributed by atoms with Crippen molar-refractivity contribution in [1.29, 1.82) is 0 Å². The van der Waals surface area contributed by atoms with Gasteiger partial charge in [-0.2, -0.15) is 0 Å². The molecule has 4 atom stereocenters. The lowest BCUT2D eigenvalue weighted by atomic mass is 9.98. The zero-order valence-electron chi connectivity index (χ0n) is 11.8. The summed E-state index contributed by atoms with van der Waals surface area (Å²) in [5.41, 5.74) is 6.85. The van der Waals surface area contributed by atoms with Gasteiger partial charge in [0.05, 0.1) is 5.92 Å². The summed E-state index contributed by atoms with van der Waals surface area (Å²) in [7, 11) is 0. The minimum atomic E-state index is -0.291. The van der Waals surface area contributed by atoms with Crippen molar-refractivity contribution < 1.29 is 9.18 Å². The van der Waals surface area contributed by atoms with Crippen LogP contribution in [0.3, 0.4) is 0 Å². The van der Waals surface area contributed by atoms with Crippen LogP contribution in [0.5, 0.6) is 0 Å². The quantitative estimate of drug-likeness (QED) is 0.899. The fraction of sp³-hybridized carbons (Fsp3) is 0.562. The average molecular weight is 276 g/mol. The summed E-state index contributed by atoms with van der Waals surface area (Å²) in [4.78, 5) is 14.5.